The molecule has 2 heterocycles. The van der Waals surface area contributed by atoms with Crippen LogP contribution in [0.4, 0.5) is 10.1 Å². The fraction of sp³-hybridized carbons (Fsp3) is 0.300. The Morgan fingerprint density at radius 1 is 1.07 bits per heavy atom. The van der Waals surface area contributed by atoms with E-state index >= 15 is 0 Å². The van der Waals surface area contributed by atoms with Gasteiger partial charge >= 0.3 is 0 Å². The molecule has 1 fully saturated rings. The third kappa shape index (κ3) is 3.99. The molecule has 2 aliphatic rings. The zero-order valence-corrected chi connectivity index (χ0v) is 18.2. The molecule has 4 rings (SSSR count). The number of nitrogens with zero attached hydrogens (tertiary/aromatic N) is 2. The number of halogens is 2. The summed E-state index contributed by atoms with van der Waals surface area (Å²) in [4.78, 5) is 26.9. The Balaban J connectivity index is 1.48. The second-order valence-corrected chi connectivity index (χ2v) is 10.1. The van der Waals surface area contributed by atoms with Gasteiger partial charge in [-0.15, -0.1) is 0 Å². The molecule has 0 unspecified atom stereocenters. The van der Waals surface area contributed by atoms with Gasteiger partial charge in [-0.05, 0) is 42.0 Å². The van der Waals surface area contributed by atoms with E-state index in [0.29, 0.717) is 11.3 Å². The molecule has 2 aromatic rings. The van der Waals surface area contributed by atoms with Crippen LogP contribution >= 0.6 is 15.9 Å². The number of benzene rings is 2. The minimum atomic E-state index is -3.65. The third-order valence-corrected chi connectivity index (χ3v) is 7.80. The average molecular weight is 496 g/mol. The number of anilines is 1. The van der Waals surface area contributed by atoms with Crippen LogP contribution in [0.1, 0.15) is 17.9 Å². The summed E-state index contributed by atoms with van der Waals surface area (Å²) >= 11 is 3.29. The van der Waals surface area contributed by atoms with Gasteiger partial charge in [0.1, 0.15) is 5.82 Å². The Kier molecular flexibility index (Phi) is 5.65. The number of rotatable bonds is 3. The summed E-state index contributed by atoms with van der Waals surface area (Å²) in [5.41, 5.74) is 0.881. The fourth-order valence-electron chi connectivity index (χ4n) is 3.78. The van der Waals surface area contributed by atoms with Crippen LogP contribution in [0, 0.1) is 5.82 Å². The zero-order valence-electron chi connectivity index (χ0n) is 15.8. The Hall–Kier alpha value is -2.30. The van der Waals surface area contributed by atoms with Crippen molar-refractivity contribution in [3.05, 3.63) is 58.3 Å². The molecule has 0 bridgehead atoms. The van der Waals surface area contributed by atoms with Gasteiger partial charge in [0.15, 0.2) is 0 Å². The molecule has 158 valence electrons. The summed E-state index contributed by atoms with van der Waals surface area (Å²) in [7, 11) is -3.65. The second kappa shape index (κ2) is 8.09. The molecule has 1 atom stereocenters. The molecule has 0 spiro atoms. The van der Waals surface area contributed by atoms with Crippen LogP contribution in [0.15, 0.2) is 51.8 Å². The van der Waals surface area contributed by atoms with E-state index in [0.717, 1.165) is 4.47 Å². The van der Waals surface area contributed by atoms with Crippen molar-refractivity contribution in [2.45, 2.75) is 17.2 Å². The quantitative estimate of drug-likeness (QED) is 0.708. The number of sulfonamides is 1. The van der Waals surface area contributed by atoms with Crippen molar-refractivity contribution in [2.75, 3.05) is 31.5 Å². The molecule has 0 aromatic heterocycles. The maximum absolute atomic E-state index is 13.5. The molecule has 1 N–H and O–H groups in total. The molecule has 2 amide bonds. The summed E-state index contributed by atoms with van der Waals surface area (Å²) in [6, 6.07) is 10.4. The van der Waals surface area contributed by atoms with Crippen molar-refractivity contribution in [2.24, 2.45) is 0 Å². The zero-order chi connectivity index (χ0) is 21.5. The highest BCUT2D eigenvalue weighted by Crippen LogP contribution is 2.34. The number of hydrogen-bond acceptors (Lipinski definition) is 4. The third-order valence-electron chi connectivity index (χ3n) is 5.35. The molecule has 0 radical (unpaired) electrons. The lowest BCUT2D eigenvalue weighted by Crippen LogP contribution is -2.52. The van der Waals surface area contributed by atoms with Crippen LogP contribution in [0.5, 0.6) is 0 Å². The van der Waals surface area contributed by atoms with Crippen molar-refractivity contribution < 1.29 is 22.4 Å². The van der Waals surface area contributed by atoms with Crippen LogP contribution < -0.4 is 5.32 Å². The minimum Gasteiger partial charge on any atom is -0.340 e. The van der Waals surface area contributed by atoms with E-state index in [1.807, 2.05) is 0 Å². The van der Waals surface area contributed by atoms with E-state index in [4.69, 9.17) is 0 Å². The van der Waals surface area contributed by atoms with E-state index in [2.05, 4.69) is 21.2 Å². The van der Waals surface area contributed by atoms with Gasteiger partial charge in [-0.25, -0.2) is 12.8 Å². The standard InChI is InChI=1S/C20H19BrFN3O4S/c21-13-1-4-15(5-2-13)30(28,29)25-9-7-24(8-10-25)20(27)17-12-19(26)23-18-11-14(22)3-6-16(17)18/h1-6,11,17H,7-10,12H2,(H,23,26)/t17-/m0/s1. The molecule has 30 heavy (non-hydrogen) atoms. The normalized spacial score (nSPS) is 19.9. The van der Waals surface area contributed by atoms with Gasteiger partial charge in [0.2, 0.25) is 21.8 Å². The van der Waals surface area contributed by atoms with Crippen LogP contribution in [0.25, 0.3) is 0 Å². The van der Waals surface area contributed by atoms with Crippen molar-refractivity contribution in [3.63, 3.8) is 0 Å². The average Bonchev–Trinajstić information content (AvgIpc) is 2.72. The van der Waals surface area contributed by atoms with Crippen molar-refractivity contribution >= 4 is 43.5 Å². The first-order valence-corrected chi connectivity index (χ1v) is 11.6. The lowest BCUT2D eigenvalue weighted by molar-refractivity contribution is -0.136. The van der Waals surface area contributed by atoms with Crippen molar-refractivity contribution in [1.82, 2.24) is 9.21 Å². The monoisotopic (exact) mass is 495 g/mol. The topological polar surface area (TPSA) is 86.8 Å². The Labute approximate surface area is 182 Å². The van der Waals surface area contributed by atoms with Gasteiger partial charge in [-0.2, -0.15) is 4.31 Å². The summed E-state index contributed by atoms with van der Waals surface area (Å²) in [5.74, 6) is -1.79. The molecule has 0 saturated carbocycles. The highest BCUT2D eigenvalue weighted by molar-refractivity contribution is 9.10. The van der Waals surface area contributed by atoms with Crippen LogP contribution in [0.2, 0.25) is 0 Å². The van der Waals surface area contributed by atoms with Crippen LogP contribution in [0.3, 0.4) is 0 Å². The summed E-state index contributed by atoms with van der Waals surface area (Å²) < 4.78 is 41.3. The largest absolute Gasteiger partial charge is 0.340 e. The van der Waals surface area contributed by atoms with Crippen molar-refractivity contribution in [1.29, 1.82) is 0 Å². The Morgan fingerprint density at radius 2 is 1.73 bits per heavy atom. The van der Waals surface area contributed by atoms with E-state index < -0.39 is 21.8 Å². The van der Waals surface area contributed by atoms with Crippen molar-refractivity contribution in [3.8, 4) is 0 Å². The van der Waals surface area contributed by atoms with Gasteiger partial charge in [-0.3, -0.25) is 9.59 Å². The minimum absolute atomic E-state index is 0.0190. The SMILES string of the molecule is O=C1C[C@H](C(=O)N2CCN(S(=O)(=O)c3ccc(Br)cc3)CC2)c2ccc(F)cc2N1. The maximum atomic E-state index is 13.5. The van der Waals surface area contributed by atoms with Gasteiger partial charge in [-0.1, -0.05) is 22.0 Å². The van der Waals surface area contributed by atoms with Gasteiger partial charge < -0.3 is 10.2 Å². The van der Waals surface area contributed by atoms with E-state index in [9.17, 15) is 22.4 Å². The molecule has 7 nitrogen and oxygen atoms in total. The number of nitrogens with one attached hydrogen (secondary N) is 1. The summed E-state index contributed by atoms with van der Waals surface area (Å²) in [6.07, 6.45) is -0.0190. The molecule has 10 heteroatoms. The van der Waals surface area contributed by atoms with Crippen LogP contribution in [-0.4, -0.2) is 55.6 Å². The Morgan fingerprint density at radius 3 is 2.40 bits per heavy atom. The predicted octanol–water partition coefficient (Wildman–Crippen LogP) is 2.55. The molecule has 0 aliphatic carbocycles. The summed E-state index contributed by atoms with van der Waals surface area (Å²) in [5, 5.41) is 2.60. The highest BCUT2D eigenvalue weighted by Gasteiger charge is 2.36. The second-order valence-electron chi connectivity index (χ2n) is 7.22. The van der Waals surface area contributed by atoms with Gasteiger partial charge in [0.25, 0.3) is 0 Å². The predicted molar refractivity (Wildman–Crippen MR) is 112 cm³/mol. The highest BCUT2D eigenvalue weighted by atomic mass is 79.9. The number of amides is 2. The van der Waals surface area contributed by atoms with E-state index in [-0.39, 0.29) is 49.3 Å². The lowest BCUT2D eigenvalue weighted by atomic mass is 9.89. The number of piperazine rings is 1. The van der Waals surface area contributed by atoms with E-state index in [1.165, 1.54) is 34.6 Å². The number of hydrogen-bond donors (Lipinski definition) is 1. The van der Waals surface area contributed by atoms with E-state index in [1.54, 1.807) is 17.0 Å². The summed E-state index contributed by atoms with van der Waals surface area (Å²) in [6.45, 7) is 0.783. The molecular weight excluding hydrogens is 477 g/mol. The molecule has 2 aromatic carbocycles. The van der Waals surface area contributed by atoms with Gasteiger partial charge in [0, 0.05) is 42.8 Å². The van der Waals surface area contributed by atoms with Gasteiger partial charge in [0.05, 0.1) is 10.8 Å². The maximum Gasteiger partial charge on any atom is 0.243 e. The molecule has 2 aliphatic heterocycles. The first kappa shape index (κ1) is 21.0. The van der Waals surface area contributed by atoms with Crippen LogP contribution in [-0.2, 0) is 19.6 Å². The molecular formula is C20H19BrFN3O4S. The Bertz CT molecular complexity index is 1100. The number of fused-ring (bicyclic) bond motifs is 1. The fourth-order valence-corrected chi connectivity index (χ4v) is 5.47. The number of carbonyl (C=O) groups is 2. The first-order chi connectivity index (χ1) is 14.3. The smallest absolute Gasteiger partial charge is 0.243 e. The lowest BCUT2D eigenvalue weighted by Gasteiger charge is -2.36. The first-order valence-electron chi connectivity index (χ1n) is 9.39. The molecule has 1 saturated heterocycles. The number of carbonyl (C=O) groups excluding carboxylic acids is 2.